The number of nitrogens with one attached hydrogen (secondary N) is 1. The molecule has 3 N–H and O–H groups in total. The third kappa shape index (κ3) is 4.41. The molecule has 1 saturated heterocycles. The normalized spacial score (nSPS) is 25.9. The second kappa shape index (κ2) is 7.38. The Balaban J connectivity index is 1.73. The minimum atomic E-state index is -0.0672. The highest BCUT2D eigenvalue weighted by Gasteiger charge is 2.29. The molecule has 0 radical (unpaired) electrons. The molecule has 2 atom stereocenters. The van der Waals surface area contributed by atoms with E-state index in [1.165, 1.54) is 0 Å². The lowest BCUT2D eigenvalue weighted by molar-refractivity contribution is -0.136. The van der Waals surface area contributed by atoms with Crippen LogP contribution in [-0.2, 0) is 9.59 Å². The van der Waals surface area contributed by atoms with E-state index in [2.05, 4.69) is 16.8 Å². The molecule has 6 heteroatoms. The van der Waals surface area contributed by atoms with Crippen LogP contribution < -0.4 is 11.1 Å². The Morgan fingerprint density at radius 2 is 2.00 bits per heavy atom. The van der Waals surface area contributed by atoms with Crippen molar-refractivity contribution >= 4 is 11.8 Å². The van der Waals surface area contributed by atoms with Gasteiger partial charge in [0.1, 0.15) is 0 Å². The van der Waals surface area contributed by atoms with Gasteiger partial charge in [0.25, 0.3) is 0 Å². The monoisotopic (exact) mass is 292 g/mol. The van der Waals surface area contributed by atoms with Crippen LogP contribution in [0.1, 0.15) is 6.42 Å². The summed E-state index contributed by atoms with van der Waals surface area (Å²) in [5.41, 5.74) is 5.79. The van der Waals surface area contributed by atoms with Gasteiger partial charge in [-0.25, -0.2) is 0 Å². The van der Waals surface area contributed by atoms with Crippen molar-refractivity contribution in [1.29, 1.82) is 0 Å². The maximum Gasteiger partial charge on any atom is 0.234 e. The number of nitrogens with zero attached hydrogens (tertiary/aromatic N) is 2. The Labute approximate surface area is 125 Å². The smallest absolute Gasteiger partial charge is 0.234 e. The molecule has 1 aliphatic carbocycles. The van der Waals surface area contributed by atoms with Crippen molar-refractivity contribution in [3.8, 4) is 0 Å². The first-order valence-electron chi connectivity index (χ1n) is 7.43. The zero-order valence-corrected chi connectivity index (χ0v) is 12.3. The van der Waals surface area contributed by atoms with Crippen molar-refractivity contribution in [1.82, 2.24) is 15.1 Å². The summed E-state index contributed by atoms with van der Waals surface area (Å²) in [5.74, 6) is 0.0942. The highest BCUT2D eigenvalue weighted by atomic mass is 16.2. The van der Waals surface area contributed by atoms with Crippen molar-refractivity contribution < 1.29 is 9.59 Å². The molecule has 2 rings (SSSR count). The molecule has 0 bridgehead atoms. The van der Waals surface area contributed by atoms with E-state index in [1.807, 2.05) is 17.1 Å². The average molecular weight is 292 g/mol. The molecule has 1 fully saturated rings. The quantitative estimate of drug-likeness (QED) is 0.659. The maximum absolute atomic E-state index is 12.3. The van der Waals surface area contributed by atoms with Crippen LogP contribution in [0.2, 0.25) is 0 Å². The maximum atomic E-state index is 12.3. The number of carbonyl (C=O) groups is 2. The van der Waals surface area contributed by atoms with Crippen molar-refractivity contribution in [2.75, 3.05) is 39.3 Å². The van der Waals surface area contributed by atoms with Gasteiger partial charge in [0.2, 0.25) is 11.8 Å². The molecule has 2 amide bonds. The van der Waals surface area contributed by atoms with Gasteiger partial charge in [-0.1, -0.05) is 18.2 Å². The van der Waals surface area contributed by atoms with E-state index >= 15 is 0 Å². The van der Waals surface area contributed by atoms with Gasteiger partial charge in [0.15, 0.2) is 0 Å². The lowest BCUT2D eigenvalue weighted by atomic mass is 10.1. The van der Waals surface area contributed by atoms with Gasteiger partial charge in [-0.15, -0.1) is 6.58 Å². The minimum Gasteiger partial charge on any atom is -0.352 e. The SMILES string of the molecule is C=CCNC(=O)CN1CCN(C(=O)C2C=CC(N)C2)CC1. The molecule has 0 saturated carbocycles. The lowest BCUT2D eigenvalue weighted by Crippen LogP contribution is -2.52. The summed E-state index contributed by atoms with van der Waals surface area (Å²) in [6, 6.07) is 0.00814. The van der Waals surface area contributed by atoms with E-state index in [4.69, 9.17) is 5.73 Å². The van der Waals surface area contributed by atoms with Crippen LogP contribution in [0.25, 0.3) is 0 Å². The zero-order valence-electron chi connectivity index (χ0n) is 12.3. The number of nitrogens with two attached hydrogens (primary N) is 1. The fraction of sp³-hybridized carbons (Fsp3) is 0.600. The first kappa shape index (κ1) is 15.7. The molecule has 1 aliphatic heterocycles. The Morgan fingerprint density at radius 1 is 1.29 bits per heavy atom. The van der Waals surface area contributed by atoms with E-state index < -0.39 is 0 Å². The molecular formula is C15H24N4O2. The summed E-state index contributed by atoms with van der Waals surface area (Å²) in [4.78, 5) is 27.9. The Morgan fingerprint density at radius 3 is 2.57 bits per heavy atom. The summed E-state index contributed by atoms with van der Waals surface area (Å²) in [6.45, 7) is 7.25. The number of hydrogen-bond acceptors (Lipinski definition) is 4. The number of rotatable bonds is 5. The molecule has 0 aromatic rings. The van der Waals surface area contributed by atoms with Gasteiger partial charge < -0.3 is 16.0 Å². The molecule has 116 valence electrons. The molecule has 2 unspecified atom stereocenters. The number of amides is 2. The van der Waals surface area contributed by atoms with Gasteiger partial charge in [-0.3, -0.25) is 14.5 Å². The van der Waals surface area contributed by atoms with E-state index in [0.29, 0.717) is 32.6 Å². The van der Waals surface area contributed by atoms with Gasteiger partial charge in [0.05, 0.1) is 12.5 Å². The highest BCUT2D eigenvalue weighted by molar-refractivity contribution is 5.81. The number of carbonyl (C=O) groups excluding carboxylic acids is 2. The van der Waals surface area contributed by atoms with Crippen molar-refractivity contribution in [2.45, 2.75) is 12.5 Å². The third-order valence-corrected chi connectivity index (χ3v) is 3.93. The Kier molecular flexibility index (Phi) is 5.52. The molecule has 6 nitrogen and oxygen atoms in total. The Hall–Kier alpha value is -1.66. The van der Waals surface area contributed by atoms with E-state index in [1.54, 1.807) is 6.08 Å². The Bertz CT molecular complexity index is 427. The van der Waals surface area contributed by atoms with E-state index in [9.17, 15) is 9.59 Å². The predicted molar refractivity (Wildman–Crippen MR) is 81.4 cm³/mol. The van der Waals surface area contributed by atoms with Crippen LogP contribution in [0.3, 0.4) is 0 Å². The molecule has 21 heavy (non-hydrogen) atoms. The van der Waals surface area contributed by atoms with Crippen molar-refractivity contribution in [3.05, 3.63) is 24.8 Å². The lowest BCUT2D eigenvalue weighted by Gasteiger charge is -2.35. The van der Waals surface area contributed by atoms with Crippen LogP contribution in [0.5, 0.6) is 0 Å². The van der Waals surface area contributed by atoms with Crippen LogP contribution >= 0.6 is 0 Å². The van der Waals surface area contributed by atoms with Crippen LogP contribution in [-0.4, -0.2) is 66.9 Å². The second-order valence-corrected chi connectivity index (χ2v) is 5.59. The fourth-order valence-electron chi connectivity index (χ4n) is 2.72. The highest BCUT2D eigenvalue weighted by Crippen LogP contribution is 2.19. The number of hydrogen-bond donors (Lipinski definition) is 2. The third-order valence-electron chi connectivity index (χ3n) is 3.93. The first-order valence-corrected chi connectivity index (χ1v) is 7.43. The van der Waals surface area contributed by atoms with E-state index in [0.717, 1.165) is 13.1 Å². The average Bonchev–Trinajstić information content (AvgIpc) is 2.92. The van der Waals surface area contributed by atoms with E-state index in [-0.39, 0.29) is 23.8 Å². The molecule has 1 heterocycles. The van der Waals surface area contributed by atoms with Crippen molar-refractivity contribution in [3.63, 3.8) is 0 Å². The fourth-order valence-corrected chi connectivity index (χ4v) is 2.72. The molecule has 2 aliphatic rings. The largest absolute Gasteiger partial charge is 0.352 e. The van der Waals surface area contributed by atoms with Gasteiger partial charge >= 0.3 is 0 Å². The molecular weight excluding hydrogens is 268 g/mol. The summed E-state index contributed by atoms with van der Waals surface area (Å²) < 4.78 is 0. The predicted octanol–water partition coefficient (Wildman–Crippen LogP) is -0.664. The van der Waals surface area contributed by atoms with Crippen molar-refractivity contribution in [2.24, 2.45) is 11.7 Å². The number of piperazine rings is 1. The minimum absolute atomic E-state index is 0.000577. The second-order valence-electron chi connectivity index (χ2n) is 5.59. The standard InChI is InChI=1S/C15H24N4O2/c1-2-5-17-14(20)11-18-6-8-19(9-7-18)15(21)12-3-4-13(16)10-12/h2-4,12-13H,1,5-11,16H2,(H,17,20). The molecule has 0 spiro atoms. The summed E-state index contributed by atoms with van der Waals surface area (Å²) in [6.07, 6.45) is 6.20. The molecule has 0 aromatic heterocycles. The topological polar surface area (TPSA) is 78.7 Å². The first-order chi connectivity index (χ1) is 10.1. The summed E-state index contributed by atoms with van der Waals surface area (Å²) in [7, 11) is 0. The van der Waals surface area contributed by atoms with Gasteiger partial charge in [-0.05, 0) is 6.42 Å². The van der Waals surface area contributed by atoms with Gasteiger partial charge in [-0.2, -0.15) is 0 Å². The van der Waals surface area contributed by atoms with Crippen LogP contribution in [0.15, 0.2) is 24.8 Å². The molecule has 0 aromatic carbocycles. The summed E-state index contributed by atoms with van der Waals surface area (Å²) in [5, 5.41) is 2.76. The van der Waals surface area contributed by atoms with Crippen LogP contribution in [0, 0.1) is 5.92 Å². The summed E-state index contributed by atoms with van der Waals surface area (Å²) >= 11 is 0. The van der Waals surface area contributed by atoms with Gasteiger partial charge in [0, 0.05) is 38.8 Å². The zero-order chi connectivity index (χ0) is 15.2. The van der Waals surface area contributed by atoms with Crippen LogP contribution in [0.4, 0.5) is 0 Å².